The summed E-state index contributed by atoms with van der Waals surface area (Å²) in [6.07, 6.45) is 5.47. The number of piperidine rings is 2. The van der Waals surface area contributed by atoms with Gasteiger partial charge in [0.1, 0.15) is 5.56 Å². The first-order chi connectivity index (χ1) is 12.0. The first-order valence-corrected chi connectivity index (χ1v) is 9.15. The molecule has 0 spiro atoms. The maximum atomic E-state index is 12.7. The van der Waals surface area contributed by atoms with Gasteiger partial charge in [-0.3, -0.25) is 14.3 Å². The van der Waals surface area contributed by atoms with E-state index in [1.54, 1.807) is 17.9 Å². The van der Waals surface area contributed by atoms with Gasteiger partial charge in [-0.25, -0.2) is 0 Å². The van der Waals surface area contributed by atoms with E-state index >= 15 is 0 Å². The summed E-state index contributed by atoms with van der Waals surface area (Å²) < 4.78 is 6.77. The summed E-state index contributed by atoms with van der Waals surface area (Å²) in [6, 6.07) is 0. The van der Waals surface area contributed by atoms with Gasteiger partial charge in [0.2, 0.25) is 11.8 Å². The Kier molecular flexibility index (Phi) is 5.30. The van der Waals surface area contributed by atoms with Gasteiger partial charge in [0, 0.05) is 45.3 Å². The molecule has 25 heavy (non-hydrogen) atoms. The van der Waals surface area contributed by atoms with Gasteiger partial charge in [0.25, 0.3) is 5.91 Å². The SMILES string of the molecule is COc1nn(C)cc1C(=O)N1CCC(C(=O)N2CCCC(C)C2)CC1. The summed E-state index contributed by atoms with van der Waals surface area (Å²) >= 11 is 0. The molecular formula is C18H28N4O3. The van der Waals surface area contributed by atoms with Crippen molar-refractivity contribution in [1.29, 1.82) is 0 Å². The Labute approximate surface area is 148 Å². The summed E-state index contributed by atoms with van der Waals surface area (Å²) in [4.78, 5) is 29.3. The summed E-state index contributed by atoms with van der Waals surface area (Å²) in [7, 11) is 3.29. The average molecular weight is 348 g/mol. The number of amides is 2. The van der Waals surface area contributed by atoms with Crippen LogP contribution in [0.15, 0.2) is 6.20 Å². The molecule has 1 aromatic rings. The van der Waals surface area contributed by atoms with Gasteiger partial charge in [0.05, 0.1) is 7.11 Å². The van der Waals surface area contributed by atoms with E-state index in [-0.39, 0.29) is 17.7 Å². The van der Waals surface area contributed by atoms with Crippen LogP contribution in [-0.2, 0) is 11.8 Å². The second kappa shape index (κ2) is 7.45. The van der Waals surface area contributed by atoms with Crippen LogP contribution < -0.4 is 4.74 Å². The second-order valence-corrected chi connectivity index (χ2v) is 7.32. The Balaban J connectivity index is 1.58. The number of carbonyl (C=O) groups is 2. The molecule has 0 N–H and O–H groups in total. The van der Waals surface area contributed by atoms with E-state index in [1.807, 2.05) is 9.80 Å². The molecule has 138 valence electrons. The van der Waals surface area contributed by atoms with Crippen LogP contribution in [0, 0.1) is 11.8 Å². The fourth-order valence-electron chi connectivity index (χ4n) is 3.91. The molecule has 2 amide bonds. The Morgan fingerprint density at radius 2 is 1.88 bits per heavy atom. The van der Waals surface area contributed by atoms with Gasteiger partial charge in [-0.05, 0) is 31.6 Å². The van der Waals surface area contributed by atoms with Crippen molar-refractivity contribution in [2.75, 3.05) is 33.3 Å². The first-order valence-electron chi connectivity index (χ1n) is 9.15. The lowest BCUT2D eigenvalue weighted by Crippen LogP contribution is -2.47. The number of ether oxygens (including phenoxy) is 1. The van der Waals surface area contributed by atoms with Crippen molar-refractivity contribution in [3.05, 3.63) is 11.8 Å². The molecular weight excluding hydrogens is 320 g/mol. The number of carbonyl (C=O) groups excluding carboxylic acids is 2. The zero-order chi connectivity index (χ0) is 18.0. The normalized spacial score (nSPS) is 22.1. The van der Waals surface area contributed by atoms with E-state index in [2.05, 4.69) is 12.0 Å². The van der Waals surface area contributed by atoms with E-state index in [0.717, 1.165) is 32.4 Å². The molecule has 0 bridgehead atoms. The maximum Gasteiger partial charge on any atom is 0.260 e. The molecule has 1 atom stereocenters. The number of likely N-dealkylation sites (tertiary alicyclic amines) is 2. The molecule has 3 heterocycles. The molecule has 1 aromatic heterocycles. The number of aryl methyl sites for hydroxylation is 1. The van der Waals surface area contributed by atoms with Gasteiger partial charge in [-0.1, -0.05) is 6.92 Å². The molecule has 1 unspecified atom stereocenters. The third-order valence-electron chi connectivity index (χ3n) is 5.32. The highest BCUT2D eigenvalue weighted by molar-refractivity contribution is 5.96. The third kappa shape index (κ3) is 3.80. The van der Waals surface area contributed by atoms with E-state index in [4.69, 9.17) is 4.74 Å². The number of hydrogen-bond acceptors (Lipinski definition) is 4. The largest absolute Gasteiger partial charge is 0.479 e. The van der Waals surface area contributed by atoms with Crippen LogP contribution in [0.25, 0.3) is 0 Å². The fourth-order valence-corrected chi connectivity index (χ4v) is 3.91. The Bertz CT molecular complexity index is 634. The Hall–Kier alpha value is -2.05. The van der Waals surface area contributed by atoms with Crippen molar-refractivity contribution in [1.82, 2.24) is 19.6 Å². The number of aromatic nitrogens is 2. The van der Waals surface area contributed by atoms with Crippen molar-refractivity contribution < 1.29 is 14.3 Å². The van der Waals surface area contributed by atoms with Crippen molar-refractivity contribution >= 4 is 11.8 Å². The maximum absolute atomic E-state index is 12.7. The van der Waals surface area contributed by atoms with Crippen LogP contribution >= 0.6 is 0 Å². The monoisotopic (exact) mass is 348 g/mol. The van der Waals surface area contributed by atoms with E-state index in [9.17, 15) is 9.59 Å². The quantitative estimate of drug-likeness (QED) is 0.831. The van der Waals surface area contributed by atoms with Gasteiger partial charge in [-0.2, -0.15) is 0 Å². The van der Waals surface area contributed by atoms with Crippen molar-refractivity contribution in [2.45, 2.75) is 32.6 Å². The Morgan fingerprint density at radius 1 is 1.16 bits per heavy atom. The van der Waals surface area contributed by atoms with Crippen LogP contribution in [0.5, 0.6) is 5.88 Å². The van der Waals surface area contributed by atoms with Crippen LogP contribution in [0.1, 0.15) is 43.0 Å². The molecule has 2 aliphatic rings. The minimum atomic E-state index is -0.0672. The molecule has 2 fully saturated rings. The zero-order valence-electron chi connectivity index (χ0n) is 15.4. The number of rotatable bonds is 3. The minimum Gasteiger partial charge on any atom is -0.479 e. The Morgan fingerprint density at radius 3 is 2.52 bits per heavy atom. The van der Waals surface area contributed by atoms with Gasteiger partial charge >= 0.3 is 0 Å². The molecule has 2 saturated heterocycles. The van der Waals surface area contributed by atoms with Gasteiger partial charge in [-0.15, -0.1) is 5.10 Å². The smallest absolute Gasteiger partial charge is 0.260 e. The molecule has 2 aliphatic heterocycles. The van der Waals surface area contributed by atoms with E-state index < -0.39 is 0 Å². The molecule has 3 rings (SSSR count). The van der Waals surface area contributed by atoms with Crippen molar-refractivity contribution in [2.24, 2.45) is 18.9 Å². The predicted molar refractivity (Wildman–Crippen MR) is 93.4 cm³/mol. The average Bonchev–Trinajstić information content (AvgIpc) is 3.01. The summed E-state index contributed by atoms with van der Waals surface area (Å²) in [5, 5.41) is 4.14. The lowest BCUT2D eigenvalue weighted by atomic mass is 9.92. The molecule has 0 aliphatic carbocycles. The van der Waals surface area contributed by atoms with Crippen molar-refractivity contribution in [3.8, 4) is 5.88 Å². The van der Waals surface area contributed by atoms with Crippen molar-refractivity contribution in [3.63, 3.8) is 0 Å². The molecule has 7 nitrogen and oxygen atoms in total. The summed E-state index contributed by atoms with van der Waals surface area (Å²) in [6.45, 7) is 5.19. The molecule has 7 heteroatoms. The summed E-state index contributed by atoms with van der Waals surface area (Å²) in [5.41, 5.74) is 0.486. The van der Waals surface area contributed by atoms with Crippen LogP contribution in [-0.4, -0.2) is 64.7 Å². The standard InChI is InChI=1S/C18H28N4O3/c1-13-5-4-8-22(11-13)17(23)14-6-9-21(10-7-14)18(24)15-12-20(2)19-16(15)25-3/h12-14H,4-11H2,1-3H3. The van der Waals surface area contributed by atoms with E-state index in [1.165, 1.54) is 13.5 Å². The van der Waals surface area contributed by atoms with Gasteiger partial charge < -0.3 is 14.5 Å². The van der Waals surface area contributed by atoms with Crippen LogP contribution in [0.2, 0.25) is 0 Å². The molecule has 0 radical (unpaired) electrons. The first kappa shape index (κ1) is 17.8. The third-order valence-corrected chi connectivity index (χ3v) is 5.32. The van der Waals surface area contributed by atoms with Gasteiger partial charge in [0.15, 0.2) is 0 Å². The topological polar surface area (TPSA) is 67.7 Å². The number of methoxy groups -OCH3 is 1. The fraction of sp³-hybridized carbons (Fsp3) is 0.722. The minimum absolute atomic E-state index is 0.0464. The number of hydrogen-bond donors (Lipinski definition) is 0. The van der Waals surface area contributed by atoms with Crippen LogP contribution in [0.3, 0.4) is 0 Å². The lowest BCUT2D eigenvalue weighted by Gasteiger charge is -2.37. The second-order valence-electron chi connectivity index (χ2n) is 7.32. The highest BCUT2D eigenvalue weighted by Gasteiger charge is 2.33. The highest BCUT2D eigenvalue weighted by atomic mass is 16.5. The molecule has 0 saturated carbocycles. The lowest BCUT2D eigenvalue weighted by molar-refractivity contribution is -0.138. The zero-order valence-corrected chi connectivity index (χ0v) is 15.4. The summed E-state index contributed by atoms with van der Waals surface area (Å²) in [5.74, 6) is 1.20. The number of nitrogens with zero attached hydrogens (tertiary/aromatic N) is 4. The highest BCUT2D eigenvalue weighted by Crippen LogP contribution is 2.25. The predicted octanol–water partition coefficient (Wildman–Crippen LogP) is 1.54. The van der Waals surface area contributed by atoms with E-state index in [0.29, 0.717) is 30.5 Å². The van der Waals surface area contributed by atoms with Crippen LogP contribution in [0.4, 0.5) is 0 Å². The molecule has 0 aromatic carbocycles.